The summed E-state index contributed by atoms with van der Waals surface area (Å²) in [6.45, 7) is 0.942. The van der Waals surface area contributed by atoms with Gasteiger partial charge in [0.25, 0.3) is 0 Å². The van der Waals surface area contributed by atoms with E-state index in [4.69, 9.17) is 6.42 Å². The van der Waals surface area contributed by atoms with Crippen molar-refractivity contribution in [2.24, 2.45) is 0 Å². The van der Waals surface area contributed by atoms with Gasteiger partial charge in [0.05, 0.1) is 0 Å². The Morgan fingerprint density at radius 3 is 3.00 bits per heavy atom. The molecule has 0 saturated carbocycles. The number of rotatable bonds is 4. The maximum atomic E-state index is 4.94. The first kappa shape index (κ1) is 7.71. The molecule has 0 amide bonds. The Bertz CT molecular complexity index is 75.1. The molecule has 8 heavy (non-hydrogen) atoms. The van der Waals surface area contributed by atoms with Crippen molar-refractivity contribution < 1.29 is 0 Å². The van der Waals surface area contributed by atoms with Gasteiger partial charge in [-0.3, -0.25) is 0 Å². The zero-order valence-electron chi connectivity index (χ0n) is 5.11. The highest BCUT2D eigenvalue weighted by Gasteiger charge is 1.80. The third-order valence-corrected chi connectivity index (χ3v) is 1.45. The molecule has 0 aliphatic heterocycles. The summed E-state index contributed by atoms with van der Waals surface area (Å²) in [5.41, 5.74) is 0. The van der Waals surface area contributed by atoms with Gasteiger partial charge >= 0.3 is 0 Å². The highest BCUT2D eigenvalue weighted by atomic mass is 32.2. The molecule has 0 rings (SSSR count). The van der Waals surface area contributed by atoms with Crippen molar-refractivity contribution in [2.45, 2.75) is 6.42 Å². The minimum Gasteiger partial charge on any atom is -0.346 e. The van der Waals surface area contributed by atoms with E-state index in [0.29, 0.717) is 0 Å². The molecule has 0 radical (unpaired) electrons. The van der Waals surface area contributed by atoms with Crippen LogP contribution in [0.15, 0.2) is 0 Å². The lowest BCUT2D eigenvalue weighted by atomic mass is 10.5. The Hall–Kier alpha value is -0.290. The predicted molar refractivity (Wildman–Crippen MR) is 39.8 cm³/mol. The molecule has 0 heterocycles. The van der Waals surface area contributed by atoms with Crippen LogP contribution in [0.1, 0.15) is 6.42 Å². The minimum absolute atomic E-state index is 0.942. The van der Waals surface area contributed by atoms with E-state index in [-0.39, 0.29) is 0 Å². The van der Waals surface area contributed by atoms with E-state index < -0.39 is 0 Å². The molecule has 0 bridgehead atoms. The third kappa shape index (κ3) is 5.71. The average Bonchev–Trinajstić information content (AvgIpc) is 1.81. The van der Waals surface area contributed by atoms with Crippen molar-refractivity contribution in [1.82, 2.24) is 5.32 Å². The molecule has 0 spiro atoms. The molecule has 0 aromatic carbocycles. The van der Waals surface area contributed by atoms with Gasteiger partial charge in [0.2, 0.25) is 0 Å². The van der Waals surface area contributed by atoms with E-state index in [2.05, 4.69) is 17.6 Å². The largest absolute Gasteiger partial charge is 0.346 e. The summed E-state index contributed by atoms with van der Waals surface area (Å²) in [6, 6.07) is 2.37. The lowest BCUT2D eigenvalue weighted by Crippen LogP contribution is -2.07. The summed E-state index contributed by atoms with van der Waals surface area (Å²) < 4.78 is 0. The fourth-order valence-electron chi connectivity index (χ4n) is 0.377. The van der Waals surface area contributed by atoms with Gasteiger partial charge in [0.1, 0.15) is 0 Å². The molecule has 0 atom stereocenters. The second kappa shape index (κ2) is 6.71. The molecule has 2 heteroatoms. The topological polar surface area (TPSA) is 12.0 Å². The molecule has 0 aromatic heterocycles. The van der Waals surface area contributed by atoms with E-state index in [9.17, 15) is 0 Å². The Labute approximate surface area is 55.2 Å². The van der Waals surface area contributed by atoms with Crippen molar-refractivity contribution in [3.8, 4) is 12.5 Å². The van der Waals surface area contributed by atoms with Gasteiger partial charge in [-0.25, -0.2) is 0 Å². The Morgan fingerprint density at radius 2 is 2.50 bits per heavy atom. The average molecular weight is 129 g/mol. The van der Waals surface area contributed by atoms with E-state index in [0.717, 1.165) is 13.0 Å². The van der Waals surface area contributed by atoms with Gasteiger partial charge in [0, 0.05) is 12.6 Å². The molecule has 0 unspecified atom stereocenters. The lowest BCUT2D eigenvalue weighted by molar-refractivity contribution is 0.838. The van der Waals surface area contributed by atoms with Gasteiger partial charge < -0.3 is 5.32 Å². The van der Waals surface area contributed by atoms with Crippen molar-refractivity contribution in [1.29, 1.82) is 0 Å². The molecule has 1 N–H and O–H groups in total. The van der Waals surface area contributed by atoms with Gasteiger partial charge in [-0.1, -0.05) is 6.42 Å². The standard InChI is InChI=1S/C6H11NS/c1-3-7-5-4-6-8-2/h1,7H,4-6H2,2H3. The first-order chi connectivity index (χ1) is 3.91. The number of terminal acetylenes is 1. The summed E-state index contributed by atoms with van der Waals surface area (Å²) in [7, 11) is 0. The first-order valence-corrected chi connectivity index (χ1v) is 3.98. The van der Waals surface area contributed by atoms with Crippen LogP contribution in [0, 0.1) is 12.5 Å². The molecular formula is C6H11NS. The molecular weight excluding hydrogens is 118 g/mol. The van der Waals surface area contributed by atoms with E-state index >= 15 is 0 Å². The smallest absolute Gasteiger partial charge is 0.0237 e. The summed E-state index contributed by atoms with van der Waals surface area (Å²) >= 11 is 1.84. The Balaban J connectivity index is 2.65. The molecule has 0 saturated heterocycles. The third-order valence-electron chi connectivity index (χ3n) is 0.752. The van der Waals surface area contributed by atoms with Gasteiger partial charge in [0.15, 0.2) is 0 Å². The summed E-state index contributed by atoms with van der Waals surface area (Å²) in [6.07, 6.45) is 8.19. The summed E-state index contributed by atoms with van der Waals surface area (Å²) in [5, 5.41) is 2.80. The van der Waals surface area contributed by atoms with Crippen LogP contribution in [-0.2, 0) is 0 Å². The number of hydrogen-bond acceptors (Lipinski definition) is 2. The number of thioether (sulfide) groups is 1. The van der Waals surface area contributed by atoms with Crippen LogP contribution >= 0.6 is 11.8 Å². The second-order valence-electron chi connectivity index (χ2n) is 1.42. The molecule has 1 nitrogen and oxygen atoms in total. The molecule has 0 fully saturated rings. The van der Waals surface area contributed by atoms with Gasteiger partial charge in [-0.2, -0.15) is 11.8 Å². The molecule has 46 valence electrons. The monoisotopic (exact) mass is 129 g/mol. The fourth-order valence-corrected chi connectivity index (χ4v) is 0.810. The first-order valence-electron chi connectivity index (χ1n) is 2.59. The van der Waals surface area contributed by atoms with E-state index in [1.165, 1.54) is 5.75 Å². The molecule has 0 aliphatic carbocycles. The van der Waals surface area contributed by atoms with Crippen molar-refractivity contribution in [3.63, 3.8) is 0 Å². The van der Waals surface area contributed by atoms with Crippen molar-refractivity contribution in [3.05, 3.63) is 0 Å². The van der Waals surface area contributed by atoms with Gasteiger partial charge in [-0.05, 0) is 18.4 Å². The van der Waals surface area contributed by atoms with E-state index in [1.807, 2.05) is 11.8 Å². The van der Waals surface area contributed by atoms with E-state index in [1.54, 1.807) is 0 Å². The van der Waals surface area contributed by atoms with Crippen LogP contribution in [0.2, 0.25) is 0 Å². The van der Waals surface area contributed by atoms with Crippen molar-refractivity contribution in [2.75, 3.05) is 18.6 Å². The maximum absolute atomic E-state index is 4.94. The maximum Gasteiger partial charge on any atom is 0.0237 e. The fraction of sp³-hybridized carbons (Fsp3) is 0.667. The Morgan fingerprint density at radius 1 is 1.75 bits per heavy atom. The zero-order chi connectivity index (χ0) is 6.24. The van der Waals surface area contributed by atoms with Crippen LogP contribution < -0.4 is 5.32 Å². The quantitative estimate of drug-likeness (QED) is 0.344. The lowest BCUT2D eigenvalue weighted by Gasteiger charge is -1.93. The second-order valence-corrected chi connectivity index (χ2v) is 2.40. The zero-order valence-corrected chi connectivity index (χ0v) is 5.92. The highest BCUT2D eigenvalue weighted by molar-refractivity contribution is 7.98. The summed E-state index contributed by atoms with van der Waals surface area (Å²) in [4.78, 5) is 0. The predicted octanol–water partition coefficient (Wildman–Crippen LogP) is 0.920. The van der Waals surface area contributed by atoms with Crippen molar-refractivity contribution >= 4 is 11.8 Å². The Kier molecular flexibility index (Phi) is 6.47. The van der Waals surface area contributed by atoms with Crippen LogP contribution in [-0.4, -0.2) is 18.6 Å². The number of hydrogen-bond donors (Lipinski definition) is 1. The molecule has 0 aliphatic rings. The highest BCUT2D eigenvalue weighted by Crippen LogP contribution is 1.92. The van der Waals surface area contributed by atoms with Crippen LogP contribution in [0.5, 0.6) is 0 Å². The summed E-state index contributed by atoms with van der Waals surface area (Å²) in [5.74, 6) is 1.19. The normalized spacial score (nSPS) is 8.00. The van der Waals surface area contributed by atoms with Crippen LogP contribution in [0.4, 0.5) is 0 Å². The van der Waals surface area contributed by atoms with Crippen LogP contribution in [0.25, 0.3) is 0 Å². The van der Waals surface area contributed by atoms with Gasteiger partial charge in [-0.15, -0.1) is 0 Å². The molecule has 0 aromatic rings. The minimum atomic E-state index is 0.942. The van der Waals surface area contributed by atoms with Crippen LogP contribution in [0.3, 0.4) is 0 Å². The number of nitrogens with one attached hydrogen (secondary N) is 1. The SMILES string of the molecule is C#CNCCCSC.